The van der Waals surface area contributed by atoms with Crippen molar-refractivity contribution in [2.45, 2.75) is 18.6 Å². The van der Waals surface area contributed by atoms with Gasteiger partial charge in [0, 0.05) is 27.5 Å². The van der Waals surface area contributed by atoms with Gasteiger partial charge in [0.1, 0.15) is 11.9 Å². The average molecular weight is 353 g/mol. The van der Waals surface area contributed by atoms with Gasteiger partial charge in [-0.25, -0.2) is 0 Å². The zero-order valence-corrected chi connectivity index (χ0v) is 13.4. The third-order valence-corrected chi connectivity index (χ3v) is 4.37. The normalized spacial score (nSPS) is 21.1. The molecule has 1 aliphatic heterocycles. The molecule has 2 nitrogen and oxygen atoms in total. The lowest BCUT2D eigenvalue weighted by molar-refractivity contribution is 0.154. The monoisotopic (exact) mass is 351 g/mol. The van der Waals surface area contributed by atoms with Gasteiger partial charge in [-0.2, -0.15) is 0 Å². The van der Waals surface area contributed by atoms with Crippen molar-refractivity contribution >= 4 is 27.5 Å². The first-order valence-corrected chi connectivity index (χ1v) is 7.73. The molecule has 2 aromatic carbocycles. The van der Waals surface area contributed by atoms with Gasteiger partial charge < -0.3 is 10.1 Å². The van der Waals surface area contributed by atoms with E-state index in [1.807, 2.05) is 37.4 Å². The summed E-state index contributed by atoms with van der Waals surface area (Å²) in [5.41, 5.74) is 2.32. The first-order chi connectivity index (χ1) is 9.67. The molecule has 0 bridgehead atoms. The largest absolute Gasteiger partial charge is 0.485 e. The maximum absolute atomic E-state index is 6.16. The minimum Gasteiger partial charge on any atom is -0.485 e. The van der Waals surface area contributed by atoms with Crippen LogP contribution in [0.2, 0.25) is 5.02 Å². The molecule has 2 atom stereocenters. The molecule has 1 aliphatic rings. The molecule has 0 radical (unpaired) electrons. The first kappa shape index (κ1) is 13.9. The quantitative estimate of drug-likeness (QED) is 0.831. The Morgan fingerprint density at radius 2 is 2.10 bits per heavy atom. The number of hydrogen-bond acceptors (Lipinski definition) is 2. The third-order valence-electron chi connectivity index (χ3n) is 3.64. The van der Waals surface area contributed by atoms with E-state index in [9.17, 15) is 0 Å². The van der Waals surface area contributed by atoms with Crippen molar-refractivity contribution in [2.24, 2.45) is 0 Å². The highest BCUT2D eigenvalue weighted by Crippen LogP contribution is 2.42. The van der Waals surface area contributed by atoms with Gasteiger partial charge in [-0.15, -0.1) is 0 Å². The number of rotatable bonds is 2. The lowest BCUT2D eigenvalue weighted by atomic mass is 9.93. The van der Waals surface area contributed by atoms with Crippen LogP contribution in [0.15, 0.2) is 46.9 Å². The molecule has 4 heteroatoms. The van der Waals surface area contributed by atoms with Crippen LogP contribution in [-0.2, 0) is 0 Å². The van der Waals surface area contributed by atoms with E-state index < -0.39 is 0 Å². The molecule has 20 heavy (non-hydrogen) atoms. The van der Waals surface area contributed by atoms with Crippen LogP contribution in [0.4, 0.5) is 0 Å². The fraction of sp³-hybridized carbons (Fsp3) is 0.250. The Bertz CT molecular complexity index is 632. The summed E-state index contributed by atoms with van der Waals surface area (Å²) in [6.07, 6.45) is 0.916. The minimum absolute atomic E-state index is 0.0212. The Labute approximate surface area is 132 Å². The highest BCUT2D eigenvalue weighted by atomic mass is 79.9. The summed E-state index contributed by atoms with van der Waals surface area (Å²) >= 11 is 9.58. The maximum atomic E-state index is 6.16. The van der Waals surface area contributed by atoms with Gasteiger partial charge in [-0.3, -0.25) is 0 Å². The second-order valence-corrected chi connectivity index (χ2v) is 6.27. The number of benzene rings is 2. The Morgan fingerprint density at radius 3 is 2.85 bits per heavy atom. The molecule has 0 saturated heterocycles. The molecule has 104 valence electrons. The fourth-order valence-electron chi connectivity index (χ4n) is 2.62. The van der Waals surface area contributed by atoms with Crippen LogP contribution >= 0.6 is 27.5 Å². The molecular weight excluding hydrogens is 338 g/mol. The van der Waals surface area contributed by atoms with E-state index in [4.69, 9.17) is 16.3 Å². The molecule has 2 unspecified atom stereocenters. The van der Waals surface area contributed by atoms with Crippen LogP contribution in [0.1, 0.15) is 29.7 Å². The minimum atomic E-state index is 0.0212. The molecule has 3 rings (SSSR count). The Kier molecular flexibility index (Phi) is 4.01. The van der Waals surface area contributed by atoms with Gasteiger partial charge in [-0.1, -0.05) is 45.7 Å². The smallest absolute Gasteiger partial charge is 0.126 e. The highest BCUT2D eigenvalue weighted by Gasteiger charge is 2.28. The van der Waals surface area contributed by atoms with E-state index in [1.165, 1.54) is 5.56 Å². The van der Waals surface area contributed by atoms with Crippen molar-refractivity contribution in [2.75, 3.05) is 7.05 Å². The summed E-state index contributed by atoms with van der Waals surface area (Å²) in [7, 11) is 1.98. The van der Waals surface area contributed by atoms with Crippen LogP contribution in [0.3, 0.4) is 0 Å². The summed E-state index contributed by atoms with van der Waals surface area (Å²) in [6, 6.07) is 14.3. The van der Waals surface area contributed by atoms with Crippen molar-refractivity contribution in [1.29, 1.82) is 0 Å². The molecule has 2 aromatic rings. The van der Waals surface area contributed by atoms with Crippen LogP contribution in [0, 0.1) is 0 Å². The number of nitrogens with one attached hydrogen (secondary N) is 1. The van der Waals surface area contributed by atoms with Crippen molar-refractivity contribution in [1.82, 2.24) is 5.32 Å². The van der Waals surface area contributed by atoms with Crippen molar-refractivity contribution in [3.05, 3.63) is 63.1 Å². The molecule has 1 heterocycles. The van der Waals surface area contributed by atoms with Crippen LogP contribution in [-0.4, -0.2) is 7.05 Å². The summed E-state index contributed by atoms with van der Waals surface area (Å²) in [5, 5.41) is 4.11. The zero-order valence-electron chi connectivity index (χ0n) is 11.1. The Hall–Kier alpha value is -1.03. The predicted molar refractivity (Wildman–Crippen MR) is 85.4 cm³/mol. The third kappa shape index (κ3) is 2.71. The summed E-state index contributed by atoms with van der Waals surface area (Å²) in [5.74, 6) is 0.926. The van der Waals surface area contributed by atoms with Crippen molar-refractivity contribution in [3.8, 4) is 5.75 Å². The van der Waals surface area contributed by atoms with Gasteiger partial charge >= 0.3 is 0 Å². The van der Waals surface area contributed by atoms with Crippen LogP contribution in [0.25, 0.3) is 0 Å². The first-order valence-electron chi connectivity index (χ1n) is 6.56. The van der Waals surface area contributed by atoms with Crippen molar-refractivity contribution in [3.63, 3.8) is 0 Å². The topological polar surface area (TPSA) is 21.3 Å². The van der Waals surface area contributed by atoms with E-state index in [0.717, 1.165) is 27.2 Å². The summed E-state index contributed by atoms with van der Waals surface area (Å²) in [4.78, 5) is 0. The molecule has 0 amide bonds. The standard InChI is InChI=1S/C16H15BrClNO/c1-19-14-9-15(10-3-2-4-12(18)7-10)20-16-8-11(17)5-6-13(14)16/h2-8,14-15,19H,9H2,1H3. The van der Waals surface area contributed by atoms with Gasteiger partial charge in [-0.05, 0) is 36.9 Å². The maximum Gasteiger partial charge on any atom is 0.126 e. The molecule has 0 aliphatic carbocycles. The lowest BCUT2D eigenvalue weighted by Gasteiger charge is -2.32. The molecule has 0 saturated carbocycles. The van der Waals surface area contributed by atoms with Gasteiger partial charge in [0.2, 0.25) is 0 Å². The summed E-state index contributed by atoms with van der Waals surface area (Å²) < 4.78 is 7.18. The van der Waals surface area contributed by atoms with Crippen LogP contribution in [0.5, 0.6) is 5.75 Å². The second-order valence-electron chi connectivity index (χ2n) is 4.92. The van der Waals surface area contributed by atoms with Gasteiger partial charge in [0.15, 0.2) is 0 Å². The Morgan fingerprint density at radius 1 is 1.25 bits per heavy atom. The van der Waals surface area contributed by atoms with E-state index in [-0.39, 0.29) is 12.1 Å². The predicted octanol–water partition coefficient (Wildman–Crippen LogP) is 4.89. The molecule has 0 spiro atoms. The van der Waals surface area contributed by atoms with Gasteiger partial charge in [0.05, 0.1) is 0 Å². The number of hydrogen-bond donors (Lipinski definition) is 1. The van der Waals surface area contributed by atoms with Crippen LogP contribution < -0.4 is 10.1 Å². The number of fused-ring (bicyclic) bond motifs is 1. The fourth-order valence-corrected chi connectivity index (χ4v) is 3.16. The molecule has 1 N–H and O–H groups in total. The molecule has 0 fully saturated rings. The van der Waals surface area contributed by atoms with Gasteiger partial charge in [0.25, 0.3) is 0 Å². The highest BCUT2D eigenvalue weighted by molar-refractivity contribution is 9.10. The van der Waals surface area contributed by atoms with Crippen molar-refractivity contribution < 1.29 is 4.74 Å². The lowest BCUT2D eigenvalue weighted by Crippen LogP contribution is -2.26. The number of halogens is 2. The Balaban J connectivity index is 1.97. The zero-order chi connectivity index (χ0) is 14.1. The molecular formula is C16H15BrClNO. The summed E-state index contributed by atoms with van der Waals surface area (Å²) in [6.45, 7) is 0. The van der Waals surface area contributed by atoms with E-state index >= 15 is 0 Å². The second kappa shape index (κ2) is 5.76. The van der Waals surface area contributed by atoms with E-state index in [2.05, 4.69) is 33.4 Å². The molecule has 0 aromatic heterocycles. The van der Waals surface area contributed by atoms with E-state index in [1.54, 1.807) is 0 Å². The SMILES string of the molecule is CNC1CC(c2cccc(Cl)c2)Oc2cc(Br)ccc21. The average Bonchev–Trinajstić information content (AvgIpc) is 2.45. The van der Waals surface area contributed by atoms with E-state index in [0.29, 0.717) is 0 Å². The number of ether oxygens (including phenoxy) is 1.